The number of ether oxygens (including phenoxy) is 1. The minimum atomic E-state index is -0.622. The number of Topliss-reactive ketones (excluding diaryl/α,β-unsaturated/α-hetero) is 1. The van der Waals surface area contributed by atoms with Gasteiger partial charge >= 0.3 is 0 Å². The minimum absolute atomic E-state index is 0.186. The molecular formula is C13H14O2. The lowest BCUT2D eigenvalue weighted by Crippen LogP contribution is -2.55. The van der Waals surface area contributed by atoms with Crippen LogP contribution in [0.3, 0.4) is 0 Å². The van der Waals surface area contributed by atoms with Gasteiger partial charge in [-0.05, 0) is 5.56 Å². The average Bonchev–Trinajstić information content (AvgIpc) is 2.28. The Morgan fingerprint density at radius 2 is 2.13 bits per heavy atom. The average molecular weight is 202 g/mol. The van der Waals surface area contributed by atoms with Gasteiger partial charge in [0.05, 0.1) is 0 Å². The molecule has 0 saturated carbocycles. The Morgan fingerprint density at radius 1 is 1.40 bits per heavy atom. The van der Waals surface area contributed by atoms with E-state index in [1.54, 1.807) is 6.08 Å². The Morgan fingerprint density at radius 3 is 2.60 bits per heavy atom. The van der Waals surface area contributed by atoms with Gasteiger partial charge in [-0.1, -0.05) is 36.4 Å². The molecule has 2 nitrogen and oxygen atoms in total. The lowest BCUT2D eigenvalue weighted by molar-refractivity contribution is -0.178. The third-order valence-electron chi connectivity index (χ3n) is 2.79. The van der Waals surface area contributed by atoms with Crippen molar-refractivity contribution in [2.45, 2.75) is 18.4 Å². The lowest BCUT2D eigenvalue weighted by Gasteiger charge is -2.39. The van der Waals surface area contributed by atoms with E-state index in [4.69, 9.17) is 4.74 Å². The number of hydrogen-bond donors (Lipinski definition) is 0. The second-order valence-corrected chi connectivity index (χ2v) is 3.86. The lowest BCUT2D eigenvalue weighted by atomic mass is 9.83. The van der Waals surface area contributed by atoms with Crippen LogP contribution in [0.2, 0.25) is 0 Å². The summed E-state index contributed by atoms with van der Waals surface area (Å²) in [6.07, 6.45) is 3.00. The molecule has 1 heterocycles. The van der Waals surface area contributed by atoms with Crippen LogP contribution in [0.4, 0.5) is 0 Å². The topological polar surface area (TPSA) is 26.3 Å². The maximum Gasteiger partial charge on any atom is 0.190 e. The van der Waals surface area contributed by atoms with E-state index in [1.807, 2.05) is 30.3 Å². The fourth-order valence-electron chi connectivity index (χ4n) is 1.89. The molecule has 78 valence electrons. The van der Waals surface area contributed by atoms with Crippen molar-refractivity contribution in [3.63, 3.8) is 0 Å². The molecule has 15 heavy (non-hydrogen) atoms. The van der Waals surface area contributed by atoms with Gasteiger partial charge in [0.15, 0.2) is 5.78 Å². The van der Waals surface area contributed by atoms with Crippen LogP contribution in [-0.2, 0) is 16.0 Å². The van der Waals surface area contributed by atoms with Crippen LogP contribution in [0, 0.1) is 0 Å². The van der Waals surface area contributed by atoms with Crippen LogP contribution in [0.1, 0.15) is 12.0 Å². The van der Waals surface area contributed by atoms with E-state index in [2.05, 4.69) is 6.58 Å². The molecule has 1 aliphatic rings. The summed E-state index contributed by atoms with van der Waals surface area (Å²) in [4.78, 5) is 11.6. The zero-order chi connectivity index (χ0) is 10.7. The summed E-state index contributed by atoms with van der Waals surface area (Å²) in [5.74, 6) is 0.186. The highest BCUT2D eigenvalue weighted by atomic mass is 16.5. The highest BCUT2D eigenvalue weighted by Gasteiger charge is 2.46. The highest BCUT2D eigenvalue weighted by molar-refractivity contribution is 5.93. The Kier molecular flexibility index (Phi) is 2.69. The molecule has 1 aromatic rings. The fourth-order valence-corrected chi connectivity index (χ4v) is 1.89. The van der Waals surface area contributed by atoms with Crippen molar-refractivity contribution in [2.75, 3.05) is 6.61 Å². The molecule has 0 N–H and O–H groups in total. The zero-order valence-electron chi connectivity index (χ0n) is 8.61. The first-order chi connectivity index (χ1) is 7.27. The Hall–Kier alpha value is -1.41. The number of rotatable bonds is 4. The molecule has 1 saturated heterocycles. The van der Waals surface area contributed by atoms with Crippen LogP contribution in [0.5, 0.6) is 0 Å². The summed E-state index contributed by atoms with van der Waals surface area (Å²) in [7, 11) is 0. The molecule has 0 unspecified atom stereocenters. The molecule has 1 atom stereocenters. The summed E-state index contributed by atoms with van der Waals surface area (Å²) in [5.41, 5.74) is 0.510. The SMILES string of the molecule is C=CC[C@@]1(Cc2ccccc2)OCC1=O. The summed E-state index contributed by atoms with van der Waals surface area (Å²) >= 11 is 0. The van der Waals surface area contributed by atoms with Crippen molar-refractivity contribution in [1.29, 1.82) is 0 Å². The minimum Gasteiger partial charge on any atom is -0.359 e. The largest absolute Gasteiger partial charge is 0.359 e. The fraction of sp³-hybridized carbons (Fsp3) is 0.308. The smallest absolute Gasteiger partial charge is 0.190 e. The predicted molar refractivity (Wildman–Crippen MR) is 58.7 cm³/mol. The van der Waals surface area contributed by atoms with Gasteiger partial charge in [-0.15, -0.1) is 6.58 Å². The summed E-state index contributed by atoms with van der Waals surface area (Å²) in [6.45, 7) is 3.92. The number of ketones is 1. The molecule has 0 bridgehead atoms. The first-order valence-corrected chi connectivity index (χ1v) is 5.09. The third-order valence-corrected chi connectivity index (χ3v) is 2.79. The van der Waals surface area contributed by atoms with E-state index in [0.29, 0.717) is 12.8 Å². The van der Waals surface area contributed by atoms with E-state index in [0.717, 1.165) is 5.56 Å². The van der Waals surface area contributed by atoms with Crippen LogP contribution in [-0.4, -0.2) is 18.0 Å². The molecule has 0 amide bonds. The van der Waals surface area contributed by atoms with Crippen molar-refractivity contribution in [2.24, 2.45) is 0 Å². The zero-order valence-corrected chi connectivity index (χ0v) is 8.61. The second kappa shape index (κ2) is 3.99. The summed E-state index contributed by atoms with van der Waals surface area (Å²) < 4.78 is 5.45. The van der Waals surface area contributed by atoms with E-state index in [-0.39, 0.29) is 12.4 Å². The molecule has 0 spiro atoms. The quantitative estimate of drug-likeness (QED) is 0.699. The Bertz CT molecular complexity index is 369. The van der Waals surface area contributed by atoms with E-state index < -0.39 is 5.60 Å². The van der Waals surface area contributed by atoms with Crippen LogP contribution >= 0.6 is 0 Å². The molecule has 1 fully saturated rings. The van der Waals surface area contributed by atoms with Crippen molar-refractivity contribution in [3.8, 4) is 0 Å². The van der Waals surface area contributed by atoms with Gasteiger partial charge < -0.3 is 4.74 Å². The monoisotopic (exact) mass is 202 g/mol. The molecular weight excluding hydrogens is 188 g/mol. The molecule has 2 heteroatoms. The van der Waals surface area contributed by atoms with Crippen LogP contribution in [0.25, 0.3) is 0 Å². The predicted octanol–water partition coefficient (Wildman–Crippen LogP) is 2.14. The molecule has 1 aromatic carbocycles. The number of benzene rings is 1. The van der Waals surface area contributed by atoms with E-state index in [1.165, 1.54) is 0 Å². The van der Waals surface area contributed by atoms with E-state index >= 15 is 0 Å². The van der Waals surface area contributed by atoms with Gasteiger partial charge in [0.2, 0.25) is 0 Å². The number of carbonyl (C=O) groups excluding carboxylic acids is 1. The first kappa shape index (κ1) is 10.1. The van der Waals surface area contributed by atoms with Gasteiger partial charge in [0.1, 0.15) is 12.2 Å². The van der Waals surface area contributed by atoms with Crippen molar-refractivity contribution in [3.05, 3.63) is 48.6 Å². The van der Waals surface area contributed by atoms with Crippen molar-refractivity contribution >= 4 is 5.78 Å². The third kappa shape index (κ3) is 1.85. The summed E-state index contributed by atoms with van der Waals surface area (Å²) in [6, 6.07) is 9.94. The van der Waals surface area contributed by atoms with E-state index in [9.17, 15) is 4.79 Å². The first-order valence-electron chi connectivity index (χ1n) is 5.09. The number of carbonyl (C=O) groups is 1. The van der Waals surface area contributed by atoms with Gasteiger partial charge in [0, 0.05) is 12.8 Å². The molecule has 2 rings (SSSR count). The van der Waals surface area contributed by atoms with Gasteiger partial charge in [-0.3, -0.25) is 4.79 Å². The van der Waals surface area contributed by atoms with Crippen molar-refractivity contribution < 1.29 is 9.53 Å². The maximum atomic E-state index is 11.6. The van der Waals surface area contributed by atoms with Crippen LogP contribution in [0.15, 0.2) is 43.0 Å². The Balaban J connectivity index is 2.15. The number of hydrogen-bond acceptors (Lipinski definition) is 2. The summed E-state index contributed by atoms with van der Waals surface area (Å²) in [5, 5.41) is 0. The molecule has 0 aliphatic carbocycles. The van der Waals surface area contributed by atoms with Gasteiger partial charge in [0.25, 0.3) is 0 Å². The van der Waals surface area contributed by atoms with Gasteiger partial charge in [-0.25, -0.2) is 0 Å². The second-order valence-electron chi connectivity index (χ2n) is 3.86. The van der Waals surface area contributed by atoms with Gasteiger partial charge in [-0.2, -0.15) is 0 Å². The Labute approximate surface area is 89.6 Å². The maximum absolute atomic E-state index is 11.6. The highest BCUT2D eigenvalue weighted by Crippen LogP contribution is 2.30. The molecule has 0 radical (unpaired) electrons. The van der Waals surface area contributed by atoms with Crippen molar-refractivity contribution in [1.82, 2.24) is 0 Å². The normalized spacial score (nSPS) is 24.7. The standard InChI is InChI=1S/C13H14O2/c1-2-8-13(12(14)10-15-13)9-11-6-4-3-5-7-11/h2-7H,1,8-10H2/t13-/m0/s1. The molecule has 0 aromatic heterocycles. The molecule has 1 aliphatic heterocycles. The van der Waals surface area contributed by atoms with Crippen LogP contribution < -0.4 is 0 Å².